The van der Waals surface area contributed by atoms with E-state index >= 15 is 0 Å². The Kier molecular flexibility index (Phi) is 6.98. The van der Waals surface area contributed by atoms with Gasteiger partial charge in [-0.1, -0.05) is 19.3 Å². The summed E-state index contributed by atoms with van der Waals surface area (Å²) in [7, 11) is 3.46. The van der Waals surface area contributed by atoms with Gasteiger partial charge in [-0.3, -0.25) is 0 Å². The summed E-state index contributed by atoms with van der Waals surface area (Å²) >= 11 is 0. The second kappa shape index (κ2) is 8.08. The van der Waals surface area contributed by atoms with E-state index < -0.39 is 0 Å². The molecule has 3 nitrogen and oxygen atoms in total. The summed E-state index contributed by atoms with van der Waals surface area (Å²) < 4.78 is 10.4. The van der Waals surface area contributed by atoms with Crippen LogP contribution >= 0.6 is 0 Å². The Morgan fingerprint density at radius 1 is 1.20 bits per heavy atom. The maximum Gasteiger partial charge on any atom is 0.0928 e. The Hall–Kier alpha value is -0.120. The van der Waals surface area contributed by atoms with Crippen molar-refractivity contribution in [2.24, 2.45) is 5.92 Å². The molecule has 90 valence electrons. The van der Waals surface area contributed by atoms with Crippen LogP contribution in [0, 0.1) is 5.92 Å². The van der Waals surface area contributed by atoms with Crippen molar-refractivity contribution < 1.29 is 9.47 Å². The molecule has 0 bridgehead atoms. The van der Waals surface area contributed by atoms with Crippen molar-refractivity contribution in [1.82, 2.24) is 5.32 Å². The zero-order chi connectivity index (χ0) is 10.9. The van der Waals surface area contributed by atoms with Crippen LogP contribution in [0.15, 0.2) is 0 Å². The minimum atomic E-state index is 0.193. The summed E-state index contributed by atoms with van der Waals surface area (Å²) in [4.78, 5) is 0. The molecule has 1 atom stereocenters. The Labute approximate surface area is 93.5 Å². The Balaban J connectivity index is 2.03. The van der Waals surface area contributed by atoms with Gasteiger partial charge in [0, 0.05) is 20.8 Å². The highest BCUT2D eigenvalue weighted by atomic mass is 16.5. The van der Waals surface area contributed by atoms with Crippen molar-refractivity contribution in [3.8, 4) is 0 Å². The van der Waals surface area contributed by atoms with Crippen molar-refractivity contribution in [2.45, 2.75) is 38.2 Å². The monoisotopic (exact) mass is 215 g/mol. The fourth-order valence-corrected chi connectivity index (χ4v) is 2.24. The van der Waals surface area contributed by atoms with Gasteiger partial charge in [-0.25, -0.2) is 0 Å². The molecule has 0 spiro atoms. The number of hydrogen-bond donors (Lipinski definition) is 1. The average Bonchev–Trinajstić information content (AvgIpc) is 2.29. The Morgan fingerprint density at radius 2 is 1.93 bits per heavy atom. The lowest BCUT2D eigenvalue weighted by molar-refractivity contribution is 0.0283. The van der Waals surface area contributed by atoms with Crippen LogP contribution in [0.1, 0.15) is 32.1 Å². The number of rotatable bonds is 7. The van der Waals surface area contributed by atoms with Crippen LogP contribution in [0.5, 0.6) is 0 Å². The fraction of sp³-hybridized carbons (Fsp3) is 1.00. The molecule has 0 aliphatic heterocycles. The molecule has 0 radical (unpaired) electrons. The molecule has 1 fully saturated rings. The molecule has 0 saturated heterocycles. The zero-order valence-corrected chi connectivity index (χ0v) is 10.1. The quantitative estimate of drug-likeness (QED) is 0.702. The second-order valence-corrected chi connectivity index (χ2v) is 4.48. The molecular weight excluding hydrogens is 190 g/mol. The summed E-state index contributed by atoms with van der Waals surface area (Å²) in [5.74, 6) is 0.888. The van der Waals surface area contributed by atoms with Gasteiger partial charge in [0.2, 0.25) is 0 Å². The summed E-state index contributed by atoms with van der Waals surface area (Å²) in [5.41, 5.74) is 0. The van der Waals surface area contributed by atoms with E-state index in [1.54, 1.807) is 14.2 Å². The standard InChI is InChI=1S/C12H25NO2/c1-14-10-12(15-2)9-13-8-11-6-4-3-5-7-11/h11-13H,3-10H2,1-2H3. The van der Waals surface area contributed by atoms with Gasteiger partial charge in [0.05, 0.1) is 12.7 Å². The van der Waals surface area contributed by atoms with Gasteiger partial charge in [0.1, 0.15) is 0 Å². The SMILES string of the molecule is COCC(CNCC1CCCCC1)OC. The minimum absolute atomic E-state index is 0.193. The van der Waals surface area contributed by atoms with Gasteiger partial charge >= 0.3 is 0 Å². The number of nitrogens with one attached hydrogen (secondary N) is 1. The lowest BCUT2D eigenvalue weighted by atomic mass is 9.89. The lowest BCUT2D eigenvalue weighted by Crippen LogP contribution is -2.35. The molecule has 0 aromatic heterocycles. The van der Waals surface area contributed by atoms with E-state index in [1.165, 1.54) is 32.1 Å². The molecule has 1 unspecified atom stereocenters. The van der Waals surface area contributed by atoms with Gasteiger partial charge in [0.15, 0.2) is 0 Å². The highest BCUT2D eigenvalue weighted by Crippen LogP contribution is 2.22. The van der Waals surface area contributed by atoms with E-state index in [-0.39, 0.29) is 6.10 Å². The summed E-state index contributed by atoms with van der Waals surface area (Å²) in [6.45, 7) is 2.72. The summed E-state index contributed by atoms with van der Waals surface area (Å²) in [5, 5.41) is 3.49. The maximum atomic E-state index is 5.29. The topological polar surface area (TPSA) is 30.5 Å². The van der Waals surface area contributed by atoms with E-state index in [0.717, 1.165) is 19.0 Å². The summed E-state index contributed by atoms with van der Waals surface area (Å²) in [6, 6.07) is 0. The zero-order valence-electron chi connectivity index (χ0n) is 10.1. The number of ether oxygens (including phenoxy) is 2. The van der Waals surface area contributed by atoms with Crippen molar-refractivity contribution in [2.75, 3.05) is 33.9 Å². The highest BCUT2D eigenvalue weighted by molar-refractivity contribution is 4.69. The summed E-state index contributed by atoms with van der Waals surface area (Å²) in [6.07, 6.45) is 7.25. The van der Waals surface area contributed by atoms with Crippen molar-refractivity contribution in [3.05, 3.63) is 0 Å². The Bertz CT molecular complexity index is 142. The number of methoxy groups -OCH3 is 2. The molecule has 15 heavy (non-hydrogen) atoms. The van der Waals surface area contributed by atoms with Crippen LogP contribution in [0.25, 0.3) is 0 Å². The smallest absolute Gasteiger partial charge is 0.0928 e. The van der Waals surface area contributed by atoms with Crippen LogP contribution < -0.4 is 5.32 Å². The van der Waals surface area contributed by atoms with Gasteiger partial charge in [-0.15, -0.1) is 0 Å². The third-order valence-electron chi connectivity index (χ3n) is 3.22. The van der Waals surface area contributed by atoms with Crippen LogP contribution in [-0.4, -0.2) is 40.0 Å². The molecule has 0 amide bonds. The van der Waals surface area contributed by atoms with Crippen LogP contribution in [0.3, 0.4) is 0 Å². The molecule has 3 heteroatoms. The van der Waals surface area contributed by atoms with Gasteiger partial charge in [0.25, 0.3) is 0 Å². The normalized spacial score (nSPS) is 20.4. The van der Waals surface area contributed by atoms with E-state index in [2.05, 4.69) is 5.32 Å². The second-order valence-electron chi connectivity index (χ2n) is 4.48. The molecule has 1 rings (SSSR count). The predicted octanol–water partition coefficient (Wildman–Crippen LogP) is 1.82. The first-order valence-corrected chi connectivity index (χ1v) is 6.09. The predicted molar refractivity (Wildman–Crippen MR) is 62.1 cm³/mol. The minimum Gasteiger partial charge on any atom is -0.382 e. The first-order chi connectivity index (χ1) is 7.36. The largest absolute Gasteiger partial charge is 0.382 e. The molecular formula is C12H25NO2. The molecule has 1 aliphatic rings. The molecule has 1 saturated carbocycles. The molecule has 0 aromatic carbocycles. The van der Waals surface area contributed by atoms with E-state index in [0.29, 0.717) is 6.61 Å². The average molecular weight is 215 g/mol. The van der Waals surface area contributed by atoms with Crippen LogP contribution in [0.2, 0.25) is 0 Å². The van der Waals surface area contributed by atoms with Crippen molar-refractivity contribution in [3.63, 3.8) is 0 Å². The van der Waals surface area contributed by atoms with Crippen LogP contribution in [-0.2, 0) is 9.47 Å². The Morgan fingerprint density at radius 3 is 2.53 bits per heavy atom. The van der Waals surface area contributed by atoms with Gasteiger partial charge in [-0.2, -0.15) is 0 Å². The van der Waals surface area contributed by atoms with E-state index in [1.807, 2.05) is 0 Å². The first-order valence-electron chi connectivity index (χ1n) is 6.09. The van der Waals surface area contributed by atoms with Gasteiger partial charge in [-0.05, 0) is 25.3 Å². The first kappa shape index (κ1) is 12.9. The maximum absolute atomic E-state index is 5.29. The molecule has 0 aromatic rings. The molecule has 1 N–H and O–H groups in total. The third-order valence-corrected chi connectivity index (χ3v) is 3.22. The highest BCUT2D eigenvalue weighted by Gasteiger charge is 2.13. The fourth-order valence-electron chi connectivity index (χ4n) is 2.24. The van der Waals surface area contributed by atoms with Crippen molar-refractivity contribution in [1.29, 1.82) is 0 Å². The molecule has 1 aliphatic carbocycles. The number of hydrogen-bond acceptors (Lipinski definition) is 3. The molecule has 0 heterocycles. The third kappa shape index (κ3) is 5.50. The lowest BCUT2D eigenvalue weighted by Gasteiger charge is -2.23. The van der Waals surface area contributed by atoms with E-state index in [9.17, 15) is 0 Å². The van der Waals surface area contributed by atoms with E-state index in [4.69, 9.17) is 9.47 Å². The van der Waals surface area contributed by atoms with Crippen molar-refractivity contribution >= 4 is 0 Å². The van der Waals surface area contributed by atoms with Gasteiger partial charge < -0.3 is 14.8 Å². The van der Waals surface area contributed by atoms with Crippen LogP contribution in [0.4, 0.5) is 0 Å².